The fraction of sp³-hybridized carbons (Fsp3) is 0.750. The van der Waals surface area contributed by atoms with Crippen molar-refractivity contribution in [1.82, 2.24) is 0 Å². The van der Waals surface area contributed by atoms with E-state index < -0.39 is 12.3 Å². The maximum absolute atomic E-state index is 11.4. The zero-order chi connectivity index (χ0) is 7.49. The van der Waals surface area contributed by atoms with E-state index in [0.29, 0.717) is 0 Å². The molecular formula is C4H5F3O2. The van der Waals surface area contributed by atoms with Gasteiger partial charge in [0.25, 0.3) is 0 Å². The molecule has 0 aliphatic rings. The molecule has 0 aliphatic heterocycles. The second-order valence-corrected chi connectivity index (χ2v) is 1.33. The summed E-state index contributed by atoms with van der Waals surface area (Å²) in [6.07, 6.45) is -7.14. The molecule has 1 unspecified atom stereocenters. The number of aldehydes is 1. The van der Waals surface area contributed by atoms with Gasteiger partial charge in [-0.05, 0) is 0 Å². The lowest BCUT2D eigenvalue weighted by Gasteiger charge is -2.10. The van der Waals surface area contributed by atoms with Crippen molar-refractivity contribution in [2.45, 2.75) is 12.3 Å². The van der Waals surface area contributed by atoms with E-state index in [1.807, 2.05) is 0 Å². The van der Waals surface area contributed by atoms with E-state index in [1.54, 1.807) is 0 Å². The molecule has 0 amide bonds. The number of carbonyl (C=O) groups excluding carboxylic acids is 1. The number of halogens is 3. The standard InChI is InChI=1S/C4H5F3O2/c1-9-3(2-8)4(5,6)7/h2-3H,1H3. The average Bonchev–Trinajstić information content (AvgIpc) is 1.65. The summed E-state index contributed by atoms with van der Waals surface area (Å²) >= 11 is 0. The Hall–Kier alpha value is -0.580. The lowest BCUT2D eigenvalue weighted by molar-refractivity contribution is -0.204. The zero-order valence-electron chi connectivity index (χ0n) is 4.61. The molecule has 9 heavy (non-hydrogen) atoms. The number of rotatable bonds is 2. The molecule has 0 saturated carbocycles. The molecule has 0 aliphatic carbocycles. The van der Waals surface area contributed by atoms with Crippen LogP contribution in [0.4, 0.5) is 13.2 Å². The summed E-state index contributed by atoms with van der Waals surface area (Å²) in [5, 5.41) is 0. The van der Waals surface area contributed by atoms with Crippen LogP contribution >= 0.6 is 0 Å². The first kappa shape index (κ1) is 8.42. The Labute approximate surface area is 49.6 Å². The minimum Gasteiger partial charge on any atom is -0.365 e. The highest BCUT2D eigenvalue weighted by atomic mass is 19.4. The molecule has 0 bridgehead atoms. The number of alkyl halides is 3. The van der Waals surface area contributed by atoms with E-state index in [2.05, 4.69) is 4.74 Å². The lowest BCUT2D eigenvalue weighted by atomic mass is 10.4. The van der Waals surface area contributed by atoms with Crippen molar-refractivity contribution in [2.75, 3.05) is 7.11 Å². The molecule has 0 rings (SSSR count). The predicted molar refractivity (Wildman–Crippen MR) is 22.9 cm³/mol. The number of carbonyl (C=O) groups is 1. The third-order valence-electron chi connectivity index (χ3n) is 0.700. The summed E-state index contributed by atoms with van der Waals surface area (Å²) in [6.45, 7) is 0. The first-order valence-corrected chi connectivity index (χ1v) is 2.07. The highest BCUT2D eigenvalue weighted by Gasteiger charge is 2.39. The summed E-state index contributed by atoms with van der Waals surface area (Å²) in [7, 11) is 0.826. The van der Waals surface area contributed by atoms with E-state index >= 15 is 0 Å². The first-order valence-electron chi connectivity index (χ1n) is 2.07. The zero-order valence-corrected chi connectivity index (χ0v) is 4.61. The summed E-state index contributed by atoms with van der Waals surface area (Å²) < 4.78 is 37.9. The van der Waals surface area contributed by atoms with Gasteiger partial charge < -0.3 is 9.53 Å². The monoisotopic (exact) mass is 142 g/mol. The molecule has 0 N–H and O–H groups in total. The van der Waals surface area contributed by atoms with Gasteiger partial charge in [-0.15, -0.1) is 0 Å². The molecule has 0 aromatic heterocycles. The van der Waals surface area contributed by atoms with Gasteiger partial charge in [0.1, 0.15) is 0 Å². The number of hydrogen-bond donors (Lipinski definition) is 0. The van der Waals surface area contributed by atoms with Crippen LogP contribution in [0.3, 0.4) is 0 Å². The van der Waals surface area contributed by atoms with Crippen molar-refractivity contribution in [3.05, 3.63) is 0 Å². The molecule has 0 heterocycles. The molecule has 2 nitrogen and oxygen atoms in total. The van der Waals surface area contributed by atoms with Gasteiger partial charge in [-0.1, -0.05) is 0 Å². The first-order chi connectivity index (χ1) is 4.02. The van der Waals surface area contributed by atoms with E-state index in [4.69, 9.17) is 0 Å². The second-order valence-electron chi connectivity index (χ2n) is 1.33. The van der Waals surface area contributed by atoms with Crippen LogP contribution < -0.4 is 0 Å². The average molecular weight is 142 g/mol. The van der Waals surface area contributed by atoms with Crippen LogP contribution in [0.15, 0.2) is 0 Å². The van der Waals surface area contributed by atoms with Gasteiger partial charge in [0.15, 0.2) is 6.29 Å². The molecule has 0 aromatic carbocycles. The molecule has 0 saturated heterocycles. The van der Waals surface area contributed by atoms with Crippen LogP contribution in [0.2, 0.25) is 0 Å². The summed E-state index contributed by atoms with van der Waals surface area (Å²) in [6, 6.07) is 0. The Bertz CT molecular complexity index is 98.5. The molecule has 0 spiro atoms. The van der Waals surface area contributed by atoms with Crippen LogP contribution in [-0.2, 0) is 9.53 Å². The quantitative estimate of drug-likeness (QED) is 0.532. The molecule has 0 radical (unpaired) electrons. The maximum Gasteiger partial charge on any atom is 0.421 e. The Morgan fingerprint density at radius 3 is 2.00 bits per heavy atom. The Balaban J connectivity index is 3.94. The highest BCUT2D eigenvalue weighted by molar-refractivity contribution is 5.57. The van der Waals surface area contributed by atoms with Crippen molar-refractivity contribution < 1.29 is 22.7 Å². The number of methoxy groups -OCH3 is 1. The number of hydrogen-bond acceptors (Lipinski definition) is 2. The SMILES string of the molecule is COC(C=O)C(F)(F)F. The van der Waals surface area contributed by atoms with Gasteiger partial charge in [0.05, 0.1) is 0 Å². The Kier molecular flexibility index (Phi) is 2.64. The van der Waals surface area contributed by atoms with Gasteiger partial charge in [-0.2, -0.15) is 13.2 Å². The van der Waals surface area contributed by atoms with Crippen LogP contribution in [0.5, 0.6) is 0 Å². The van der Waals surface area contributed by atoms with E-state index in [-0.39, 0.29) is 6.29 Å². The van der Waals surface area contributed by atoms with Gasteiger partial charge in [0, 0.05) is 7.11 Å². The van der Waals surface area contributed by atoms with Crippen LogP contribution in [0.1, 0.15) is 0 Å². The van der Waals surface area contributed by atoms with Crippen molar-refractivity contribution in [1.29, 1.82) is 0 Å². The maximum atomic E-state index is 11.4. The molecule has 5 heteroatoms. The van der Waals surface area contributed by atoms with Gasteiger partial charge in [-0.25, -0.2) is 0 Å². The normalized spacial score (nSPS) is 15.1. The fourth-order valence-corrected chi connectivity index (χ4v) is 0.266. The van der Waals surface area contributed by atoms with Crippen LogP contribution in [-0.4, -0.2) is 25.7 Å². The van der Waals surface area contributed by atoms with Crippen LogP contribution in [0, 0.1) is 0 Å². The predicted octanol–water partition coefficient (Wildman–Crippen LogP) is 0.763. The van der Waals surface area contributed by atoms with E-state index in [9.17, 15) is 18.0 Å². The van der Waals surface area contributed by atoms with Crippen molar-refractivity contribution >= 4 is 6.29 Å². The highest BCUT2D eigenvalue weighted by Crippen LogP contribution is 2.20. The molecule has 0 fully saturated rings. The minimum atomic E-state index is -4.57. The second kappa shape index (κ2) is 2.82. The van der Waals surface area contributed by atoms with E-state index in [0.717, 1.165) is 7.11 Å². The topological polar surface area (TPSA) is 26.3 Å². The van der Waals surface area contributed by atoms with Gasteiger partial charge >= 0.3 is 6.18 Å². The summed E-state index contributed by atoms with van der Waals surface area (Å²) in [4.78, 5) is 9.54. The van der Waals surface area contributed by atoms with Gasteiger partial charge in [0.2, 0.25) is 6.10 Å². The number of ether oxygens (including phenoxy) is 1. The lowest BCUT2D eigenvalue weighted by Crippen LogP contribution is -2.31. The Morgan fingerprint density at radius 2 is 2.00 bits per heavy atom. The smallest absolute Gasteiger partial charge is 0.365 e. The van der Waals surface area contributed by atoms with E-state index in [1.165, 1.54) is 0 Å². The van der Waals surface area contributed by atoms with Gasteiger partial charge in [-0.3, -0.25) is 0 Å². The third kappa shape index (κ3) is 2.46. The third-order valence-corrected chi connectivity index (χ3v) is 0.700. The van der Waals surface area contributed by atoms with Crippen LogP contribution in [0.25, 0.3) is 0 Å². The van der Waals surface area contributed by atoms with Crippen molar-refractivity contribution in [3.8, 4) is 0 Å². The molecular weight excluding hydrogens is 137 g/mol. The molecule has 54 valence electrons. The fourth-order valence-electron chi connectivity index (χ4n) is 0.266. The van der Waals surface area contributed by atoms with Crippen molar-refractivity contribution in [3.63, 3.8) is 0 Å². The molecule has 1 atom stereocenters. The Morgan fingerprint density at radius 1 is 1.56 bits per heavy atom. The molecule has 0 aromatic rings. The minimum absolute atomic E-state index is 0.292. The van der Waals surface area contributed by atoms with Crippen molar-refractivity contribution in [2.24, 2.45) is 0 Å². The summed E-state index contributed by atoms with van der Waals surface area (Å²) in [5.74, 6) is 0. The summed E-state index contributed by atoms with van der Waals surface area (Å²) in [5.41, 5.74) is 0. The largest absolute Gasteiger partial charge is 0.421 e.